The maximum absolute atomic E-state index is 13.3. The molecule has 0 heterocycles. The highest BCUT2D eigenvalue weighted by molar-refractivity contribution is 6.36. The van der Waals surface area contributed by atoms with Crippen molar-refractivity contribution in [2.24, 2.45) is 5.92 Å². The molecule has 1 unspecified atom stereocenters. The molecule has 2 rings (SSSR count). The van der Waals surface area contributed by atoms with Crippen LogP contribution < -0.4 is 5.32 Å². The molecule has 1 atom stereocenters. The van der Waals surface area contributed by atoms with Crippen molar-refractivity contribution in [2.75, 3.05) is 6.54 Å². The molecular formula is C23H27Cl3N2O2. The van der Waals surface area contributed by atoms with E-state index in [1.54, 1.807) is 47.4 Å². The lowest BCUT2D eigenvalue weighted by atomic mass is 10.1. The van der Waals surface area contributed by atoms with Gasteiger partial charge in [-0.3, -0.25) is 9.59 Å². The monoisotopic (exact) mass is 468 g/mol. The van der Waals surface area contributed by atoms with Gasteiger partial charge in [0.2, 0.25) is 11.8 Å². The number of hydrogen-bond acceptors (Lipinski definition) is 2. The van der Waals surface area contributed by atoms with Gasteiger partial charge in [0.25, 0.3) is 0 Å². The largest absolute Gasteiger partial charge is 0.354 e. The Labute approximate surface area is 193 Å². The predicted octanol–water partition coefficient (Wildman–Crippen LogP) is 5.77. The minimum Gasteiger partial charge on any atom is -0.354 e. The van der Waals surface area contributed by atoms with Crippen molar-refractivity contribution in [3.05, 3.63) is 68.7 Å². The molecule has 4 nitrogen and oxygen atoms in total. The molecule has 2 aromatic rings. The van der Waals surface area contributed by atoms with Gasteiger partial charge in [-0.25, -0.2) is 0 Å². The summed E-state index contributed by atoms with van der Waals surface area (Å²) in [5.41, 5.74) is 1.44. The van der Waals surface area contributed by atoms with E-state index in [0.717, 1.165) is 5.56 Å². The molecule has 1 N–H and O–H groups in total. The lowest BCUT2D eigenvalue weighted by molar-refractivity contribution is -0.141. The molecule has 0 saturated heterocycles. The number of carbonyl (C=O) groups excluding carboxylic acids is 2. The molecule has 0 radical (unpaired) electrons. The molecule has 2 aromatic carbocycles. The van der Waals surface area contributed by atoms with E-state index in [1.165, 1.54) is 0 Å². The number of rotatable bonds is 9. The molecule has 0 aromatic heterocycles. The van der Waals surface area contributed by atoms with Crippen molar-refractivity contribution in [2.45, 2.75) is 46.2 Å². The molecule has 7 heteroatoms. The Morgan fingerprint density at radius 1 is 1.00 bits per heavy atom. The summed E-state index contributed by atoms with van der Waals surface area (Å²) in [4.78, 5) is 27.8. The van der Waals surface area contributed by atoms with Crippen LogP contribution in [0, 0.1) is 5.92 Å². The minimum atomic E-state index is -0.629. The van der Waals surface area contributed by atoms with E-state index < -0.39 is 6.04 Å². The Kier molecular flexibility index (Phi) is 9.47. The Bertz CT molecular complexity index is 849. The van der Waals surface area contributed by atoms with Crippen molar-refractivity contribution in [3.63, 3.8) is 0 Å². The standard InChI is InChI=1S/C23H27Cl3N2O2/c1-4-21(23(30)27-13-15(2)3)28(14-18-19(25)6-5-7-20(18)26)22(29)12-16-8-10-17(24)11-9-16/h5-11,15,21H,4,12-14H2,1-3H3,(H,27,30). The van der Waals surface area contributed by atoms with Crippen LogP contribution in [-0.4, -0.2) is 29.3 Å². The fourth-order valence-electron chi connectivity index (χ4n) is 3.07. The highest BCUT2D eigenvalue weighted by Crippen LogP contribution is 2.27. The molecule has 30 heavy (non-hydrogen) atoms. The van der Waals surface area contributed by atoms with Gasteiger partial charge in [0, 0.05) is 33.7 Å². The van der Waals surface area contributed by atoms with E-state index in [-0.39, 0.29) is 24.8 Å². The quantitative estimate of drug-likeness (QED) is 0.507. The maximum atomic E-state index is 13.3. The van der Waals surface area contributed by atoms with Crippen LogP contribution in [0.25, 0.3) is 0 Å². The number of carbonyl (C=O) groups is 2. The number of hydrogen-bond donors (Lipinski definition) is 1. The molecule has 0 saturated carbocycles. The Balaban J connectivity index is 2.33. The maximum Gasteiger partial charge on any atom is 0.242 e. The Morgan fingerprint density at radius 2 is 1.60 bits per heavy atom. The first kappa shape index (κ1) is 24.5. The number of benzene rings is 2. The van der Waals surface area contributed by atoms with Gasteiger partial charge in [-0.1, -0.05) is 73.8 Å². The topological polar surface area (TPSA) is 49.4 Å². The van der Waals surface area contributed by atoms with E-state index in [2.05, 4.69) is 5.32 Å². The van der Waals surface area contributed by atoms with Crippen molar-refractivity contribution in [1.82, 2.24) is 10.2 Å². The summed E-state index contributed by atoms with van der Waals surface area (Å²) in [7, 11) is 0. The summed E-state index contributed by atoms with van der Waals surface area (Å²) in [5.74, 6) is -0.0543. The van der Waals surface area contributed by atoms with Crippen LogP contribution in [0.2, 0.25) is 15.1 Å². The number of halogens is 3. The first-order valence-electron chi connectivity index (χ1n) is 9.97. The van der Waals surface area contributed by atoms with Gasteiger partial charge in [-0.2, -0.15) is 0 Å². The molecule has 162 valence electrons. The first-order chi connectivity index (χ1) is 14.2. The van der Waals surface area contributed by atoms with Crippen LogP contribution in [0.1, 0.15) is 38.3 Å². The van der Waals surface area contributed by atoms with Crippen LogP contribution >= 0.6 is 34.8 Å². The minimum absolute atomic E-state index is 0.146. The zero-order chi connectivity index (χ0) is 22.3. The average Bonchev–Trinajstić information content (AvgIpc) is 2.70. The van der Waals surface area contributed by atoms with Gasteiger partial charge in [0.05, 0.1) is 6.42 Å². The van der Waals surface area contributed by atoms with Crippen LogP contribution in [0.15, 0.2) is 42.5 Å². The van der Waals surface area contributed by atoms with E-state index in [0.29, 0.717) is 39.5 Å². The van der Waals surface area contributed by atoms with Crippen LogP contribution in [0.4, 0.5) is 0 Å². The normalized spacial score (nSPS) is 12.0. The number of nitrogens with zero attached hydrogens (tertiary/aromatic N) is 1. The smallest absolute Gasteiger partial charge is 0.242 e. The molecule has 0 aliphatic rings. The molecular weight excluding hydrogens is 443 g/mol. The third kappa shape index (κ3) is 6.90. The van der Waals surface area contributed by atoms with Gasteiger partial charge in [-0.15, -0.1) is 0 Å². The second-order valence-corrected chi connectivity index (χ2v) is 8.84. The zero-order valence-electron chi connectivity index (χ0n) is 17.4. The Hall–Kier alpha value is -1.75. The predicted molar refractivity (Wildman–Crippen MR) is 124 cm³/mol. The summed E-state index contributed by atoms with van der Waals surface area (Å²) < 4.78 is 0. The second kappa shape index (κ2) is 11.6. The van der Waals surface area contributed by atoms with Gasteiger partial charge >= 0.3 is 0 Å². The van der Waals surface area contributed by atoms with Gasteiger partial charge < -0.3 is 10.2 Å². The van der Waals surface area contributed by atoms with Crippen molar-refractivity contribution in [3.8, 4) is 0 Å². The highest BCUT2D eigenvalue weighted by atomic mass is 35.5. The summed E-state index contributed by atoms with van der Waals surface area (Å²) in [5, 5.41) is 4.47. The summed E-state index contributed by atoms with van der Waals surface area (Å²) in [6.07, 6.45) is 0.617. The van der Waals surface area contributed by atoms with E-state index in [1.807, 2.05) is 20.8 Å². The summed E-state index contributed by atoms with van der Waals surface area (Å²) in [6, 6.07) is 11.7. The first-order valence-corrected chi connectivity index (χ1v) is 11.1. The Morgan fingerprint density at radius 3 is 2.13 bits per heavy atom. The average molecular weight is 470 g/mol. The molecule has 0 aliphatic heterocycles. The second-order valence-electron chi connectivity index (χ2n) is 7.59. The van der Waals surface area contributed by atoms with Crippen LogP contribution in [-0.2, 0) is 22.6 Å². The number of nitrogens with one attached hydrogen (secondary N) is 1. The van der Waals surface area contributed by atoms with Crippen LogP contribution in [0.3, 0.4) is 0 Å². The van der Waals surface area contributed by atoms with Gasteiger partial charge in [0.1, 0.15) is 6.04 Å². The third-order valence-corrected chi connectivity index (χ3v) is 5.69. The van der Waals surface area contributed by atoms with Crippen LogP contribution in [0.5, 0.6) is 0 Å². The van der Waals surface area contributed by atoms with Crippen molar-refractivity contribution >= 4 is 46.6 Å². The zero-order valence-corrected chi connectivity index (χ0v) is 19.7. The van der Waals surface area contributed by atoms with E-state index >= 15 is 0 Å². The summed E-state index contributed by atoms with van der Waals surface area (Å²) >= 11 is 18.6. The van der Waals surface area contributed by atoms with E-state index in [4.69, 9.17) is 34.8 Å². The molecule has 0 aliphatic carbocycles. The fourth-order valence-corrected chi connectivity index (χ4v) is 3.72. The highest BCUT2D eigenvalue weighted by Gasteiger charge is 2.29. The molecule has 2 amide bonds. The number of amides is 2. The lowest BCUT2D eigenvalue weighted by Gasteiger charge is -2.31. The van der Waals surface area contributed by atoms with E-state index in [9.17, 15) is 9.59 Å². The molecule has 0 fully saturated rings. The SMILES string of the molecule is CCC(C(=O)NCC(C)C)N(Cc1c(Cl)cccc1Cl)C(=O)Cc1ccc(Cl)cc1. The third-order valence-electron chi connectivity index (χ3n) is 4.73. The molecule has 0 bridgehead atoms. The molecule has 0 spiro atoms. The van der Waals surface area contributed by atoms with Crippen molar-refractivity contribution in [1.29, 1.82) is 0 Å². The lowest BCUT2D eigenvalue weighted by Crippen LogP contribution is -2.50. The van der Waals surface area contributed by atoms with Gasteiger partial charge in [0.15, 0.2) is 0 Å². The van der Waals surface area contributed by atoms with Gasteiger partial charge in [-0.05, 0) is 42.2 Å². The fraction of sp³-hybridized carbons (Fsp3) is 0.391. The summed E-state index contributed by atoms with van der Waals surface area (Å²) in [6.45, 7) is 6.62. The van der Waals surface area contributed by atoms with Crippen molar-refractivity contribution < 1.29 is 9.59 Å².